The van der Waals surface area contributed by atoms with E-state index >= 15 is 0 Å². The first-order valence-electron chi connectivity index (χ1n) is 14.3. The van der Waals surface area contributed by atoms with Crippen molar-refractivity contribution < 1.29 is 9.47 Å². The van der Waals surface area contributed by atoms with Crippen LogP contribution >= 0.6 is 26.9 Å². The fourth-order valence-electron chi connectivity index (χ4n) is 4.87. The summed E-state index contributed by atoms with van der Waals surface area (Å²) in [5.74, 6) is 6.77. The quantitative estimate of drug-likeness (QED) is 0.0814. The van der Waals surface area contributed by atoms with E-state index in [1.54, 1.807) is 0 Å². The average molecular weight is 640 g/mol. The highest BCUT2D eigenvalue weighted by Gasteiger charge is 2.43. The minimum atomic E-state index is -1.67. The van der Waals surface area contributed by atoms with E-state index in [9.17, 15) is 0 Å². The maximum Gasteiger partial charge on any atom is 0.173 e. The van der Waals surface area contributed by atoms with E-state index in [1.165, 1.54) is 53.6 Å². The summed E-state index contributed by atoms with van der Waals surface area (Å²) in [6.45, 7) is 1.69. The van der Waals surface area contributed by atoms with Gasteiger partial charge in [0.1, 0.15) is 15.9 Å². The summed E-state index contributed by atoms with van der Waals surface area (Å²) in [7, 11) is 0. The van der Waals surface area contributed by atoms with Crippen molar-refractivity contribution in [3.63, 3.8) is 0 Å². The fraction of sp³-hybridized carbons (Fsp3) is 0.412. The fourth-order valence-corrected chi connectivity index (χ4v) is 10.4. The number of aryl methyl sites for hydroxylation is 1. The number of rotatable bonds is 13. The molecular formula is C34H41IO2P+. The molecule has 38 heavy (non-hydrogen) atoms. The largest absolute Gasteiger partial charge is 0.353 e. The Kier molecular flexibility index (Phi) is 12.7. The van der Waals surface area contributed by atoms with Crippen LogP contribution < -0.4 is 15.9 Å². The van der Waals surface area contributed by atoms with Crippen molar-refractivity contribution in [2.24, 2.45) is 0 Å². The van der Waals surface area contributed by atoms with Gasteiger partial charge < -0.3 is 9.47 Å². The maximum absolute atomic E-state index is 5.81. The van der Waals surface area contributed by atoms with Crippen LogP contribution in [-0.2, 0) is 15.9 Å². The Morgan fingerprint density at radius 3 is 1.95 bits per heavy atom. The van der Waals surface area contributed by atoms with Crippen LogP contribution in [-0.4, -0.2) is 19.5 Å². The molecule has 0 bridgehead atoms. The third-order valence-corrected chi connectivity index (χ3v) is 15.1. The lowest BCUT2D eigenvalue weighted by atomic mass is 10.1. The van der Waals surface area contributed by atoms with Gasteiger partial charge in [-0.2, -0.15) is 0 Å². The molecule has 1 unspecified atom stereocenters. The minimum Gasteiger partial charge on any atom is -0.353 e. The Morgan fingerprint density at radius 2 is 1.32 bits per heavy atom. The molecule has 3 aromatic rings. The second kappa shape index (κ2) is 16.4. The molecule has 0 radical (unpaired) electrons. The smallest absolute Gasteiger partial charge is 0.173 e. The van der Waals surface area contributed by atoms with Gasteiger partial charge in [0.05, 0.1) is 0 Å². The molecule has 200 valence electrons. The Hall–Kier alpha value is -1.70. The second-order valence-corrected chi connectivity index (χ2v) is 17.0. The first-order valence-corrected chi connectivity index (χ1v) is 18.8. The number of hydrogen-bond donors (Lipinski definition) is 0. The molecule has 1 aliphatic rings. The predicted molar refractivity (Wildman–Crippen MR) is 173 cm³/mol. The van der Waals surface area contributed by atoms with Gasteiger partial charge in [0.2, 0.25) is 0 Å². The van der Waals surface area contributed by atoms with Gasteiger partial charge in [-0.15, -0.1) is 11.8 Å². The number of ether oxygens (including phenoxy) is 2. The van der Waals surface area contributed by atoms with Gasteiger partial charge in [0.15, 0.2) is 33.2 Å². The van der Waals surface area contributed by atoms with Crippen LogP contribution in [0.1, 0.15) is 69.8 Å². The summed E-state index contributed by atoms with van der Waals surface area (Å²) in [5, 5.41) is 4.25. The van der Waals surface area contributed by atoms with Crippen LogP contribution in [0.5, 0.6) is 0 Å². The average Bonchev–Trinajstić information content (AvgIpc) is 2.99. The van der Waals surface area contributed by atoms with Crippen molar-refractivity contribution in [3.8, 4) is 11.8 Å². The summed E-state index contributed by atoms with van der Waals surface area (Å²) >= 11 is 2.73. The van der Waals surface area contributed by atoms with Gasteiger partial charge in [-0.1, -0.05) is 61.4 Å². The first kappa shape index (κ1) is 29.3. The summed E-state index contributed by atoms with van der Waals surface area (Å²) < 4.78 is 11.4. The van der Waals surface area contributed by atoms with E-state index < -0.39 is 4.90 Å². The third kappa shape index (κ3) is 8.92. The topological polar surface area (TPSA) is 18.5 Å². The SMILES string of the molecule is I[P+](c1ccccc1)(c1ccccc1)c1ccc(CCCC#CCCCCCCOC2CCCCO2)cc1. The Bertz CT molecular complexity index is 1080. The number of unbranched alkanes of at least 4 members (excludes halogenated alkanes) is 5. The molecular weight excluding hydrogens is 598 g/mol. The number of hydrogen-bond acceptors (Lipinski definition) is 2. The molecule has 1 fully saturated rings. The number of benzene rings is 3. The molecule has 0 N–H and O–H groups in total. The van der Waals surface area contributed by atoms with Crippen LogP contribution in [0.4, 0.5) is 0 Å². The summed E-state index contributed by atoms with van der Waals surface area (Å²) in [4.78, 5) is -1.67. The zero-order valence-electron chi connectivity index (χ0n) is 22.5. The van der Waals surface area contributed by atoms with Crippen molar-refractivity contribution in [2.75, 3.05) is 13.2 Å². The normalized spacial score (nSPS) is 15.6. The Labute approximate surface area is 243 Å². The van der Waals surface area contributed by atoms with E-state index in [1.807, 2.05) is 0 Å². The maximum atomic E-state index is 5.81. The molecule has 0 aliphatic carbocycles. The molecule has 0 saturated carbocycles. The zero-order chi connectivity index (χ0) is 26.3. The van der Waals surface area contributed by atoms with E-state index in [2.05, 4.69) is 119 Å². The molecule has 1 atom stereocenters. The summed E-state index contributed by atoms with van der Waals surface area (Å²) in [5.41, 5.74) is 1.40. The van der Waals surface area contributed by atoms with Gasteiger partial charge in [0, 0.05) is 26.1 Å². The molecule has 2 nitrogen and oxygen atoms in total. The molecule has 1 saturated heterocycles. The predicted octanol–water partition coefficient (Wildman–Crippen LogP) is 8.15. The first-order chi connectivity index (χ1) is 18.8. The summed E-state index contributed by atoms with van der Waals surface area (Å²) in [6.07, 6.45) is 12.5. The minimum absolute atomic E-state index is 0.0532. The monoisotopic (exact) mass is 639 g/mol. The molecule has 3 aromatic carbocycles. The molecule has 1 aliphatic heterocycles. The standard InChI is InChI=1S/C34H41IO2P/c35-38(31-19-11-8-12-20-31,32-21-13-9-14-22-32)33-26-24-30(25-27-33)18-10-6-4-2-1-3-5-7-16-28-36-34-23-15-17-29-37-34/h8-9,11-14,19-22,24-27,34H,1,3,5-7,10,15-18,23,28-29H2/q+1. The van der Waals surface area contributed by atoms with Crippen molar-refractivity contribution in [1.29, 1.82) is 0 Å². The zero-order valence-corrected chi connectivity index (χ0v) is 25.5. The van der Waals surface area contributed by atoms with Gasteiger partial charge >= 0.3 is 0 Å². The van der Waals surface area contributed by atoms with Crippen LogP contribution in [0.15, 0.2) is 84.9 Å². The van der Waals surface area contributed by atoms with Crippen molar-refractivity contribution in [3.05, 3.63) is 90.5 Å². The van der Waals surface area contributed by atoms with Crippen LogP contribution in [0.25, 0.3) is 0 Å². The van der Waals surface area contributed by atoms with Crippen molar-refractivity contribution in [1.82, 2.24) is 0 Å². The highest BCUT2D eigenvalue weighted by Crippen LogP contribution is 2.63. The molecule has 0 amide bonds. The highest BCUT2D eigenvalue weighted by molar-refractivity contribution is 14.2. The molecule has 1 heterocycles. The summed E-state index contributed by atoms with van der Waals surface area (Å²) in [6, 6.07) is 31.3. The van der Waals surface area contributed by atoms with Gasteiger partial charge in [-0.05, 0) is 86.9 Å². The second-order valence-electron chi connectivity index (χ2n) is 9.96. The molecule has 4 rings (SSSR count). The highest BCUT2D eigenvalue weighted by atomic mass is 127. The van der Waals surface area contributed by atoms with Crippen LogP contribution in [0, 0.1) is 11.8 Å². The van der Waals surface area contributed by atoms with E-state index in [-0.39, 0.29) is 6.29 Å². The van der Waals surface area contributed by atoms with E-state index in [4.69, 9.17) is 9.47 Å². The lowest BCUT2D eigenvalue weighted by Gasteiger charge is -2.22. The van der Waals surface area contributed by atoms with Crippen molar-refractivity contribution >= 4 is 42.9 Å². The Morgan fingerprint density at radius 1 is 0.711 bits per heavy atom. The van der Waals surface area contributed by atoms with Gasteiger partial charge in [-0.3, -0.25) is 0 Å². The third-order valence-electron chi connectivity index (χ3n) is 7.05. The van der Waals surface area contributed by atoms with E-state index in [0.717, 1.165) is 51.7 Å². The molecule has 4 heteroatoms. The van der Waals surface area contributed by atoms with E-state index in [0.29, 0.717) is 0 Å². The molecule has 0 spiro atoms. The molecule has 0 aromatic heterocycles. The van der Waals surface area contributed by atoms with Crippen LogP contribution in [0.2, 0.25) is 0 Å². The lowest BCUT2D eigenvalue weighted by molar-refractivity contribution is -0.162. The van der Waals surface area contributed by atoms with Crippen molar-refractivity contribution in [2.45, 2.75) is 76.9 Å². The van der Waals surface area contributed by atoms with Gasteiger partial charge in [-0.25, -0.2) is 0 Å². The lowest BCUT2D eigenvalue weighted by Crippen LogP contribution is -2.26. The van der Waals surface area contributed by atoms with Gasteiger partial charge in [0.25, 0.3) is 0 Å². The number of halogens is 1. The Balaban J connectivity index is 1.16. The van der Waals surface area contributed by atoms with Crippen LogP contribution in [0.3, 0.4) is 0 Å².